The van der Waals surface area contributed by atoms with Gasteiger partial charge in [-0.2, -0.15) is 0 Å². The number of nitrogens with zero attached hydrogens (tertiary/aromatic N) is 2. The fourth-order valence-corrected chi connectivity index (χ4v) is 4.90. The summed E-state index contributed by atoms with van der Waals surface area (Å²) >= 11 is 12.4. The molecule has 2 aliphatic rings. The summed E-state index contributed by atoms with van der Waals surface area (Å²) in [6.07, 6.45) is 4.20. The maximum atomic E-state index is 13.3. The Hall–Kier alpha value is -1.88. The van der Waals surface area contributed by atoms with Crippen molar-refractivity contribution in [3.8, 4) is 11.4 Å². The molecule has 3 nitrogen and oxygen atoms in total. The number of imidazole rings is 1. The van der Waals surface area contributed by atoms with Gasteiger partial charge >= 0.3 is 0 Å². The maximum Gasteiger partial charge on any atom is 0.139 e. The van der Waals surface area contributed by atoms with E-state index >= 15 is 0 Å². The Balaban J connectivity index is 1.37. The lowest BCUT2D eigenvalue weighted by Crippen LogP contribution is -2.42. The van der Waals surface area contributed by atoms with E-state index in [4.69, 9.17) is 28.2 Å². The Morgan fingerprint density at radius 2 is 1.96 bits per heavy atom. The van der Waals surface area contributed by atoms with Crippen molar-refractivity contribution in [1.29, 1.82) is 0 Å². The number of aryl methyl sites for hydroxylation is 1. The normalized spacial score (nSPS) is 19.3. The topological polar surface area (TPSA) is 31.9 Å². The average molecular weight is 416 g/mol. The number of aromatic amines is 1. The van der Waals surface area contributed by atoms with Gasteiger partial charge in [-0.15, -0.1) is 0 Å². The molecule has 0 bridgehead atoms. The standard InChI is InChI=1S/C22H20Cl2FN3/c23-15-3-1-13-2-5-17(10-14(13)9-15)28-8-7-20-21(12-28)27-22(26-20)18-6-4-16(25)11-19(18)24/h1,3-4,6,9,11,17H,2,5,7-8,10,12H2,(H,26,27). The van der Waals surface area contributed by atoms with E-state index in [1.807, 2.05) is 6.07 Å². The largest absolute Gasteiger partial charge is 0.340 e. The summed E-state index contributed by atoms with van der Waals surface area (Å²) in [5.74, 6) is 0.381. The van der Waals surface area contributed by atoms with Crippen molar-refractivity contribution in [2.45, 2.75) is 38.3 Å². The van der Waals surface area contributed by atoms with Crippen LogP contribution in [0, 0.1) is 5.82 Å². The predicted molar refractivity (Wildman–Crippen MR) is 110 cm³/mol. The predicted octanol–water partition coefficient (Wildman–Crippen LogP) is 5.44. The van der Waals surface area contributed by atoms with Gasteiger partial charge in [0.2, 0.25) is 0 Å². The van der Waals surface area contributed by atoms with Crippen LogP contribution >= 0.6 is 23.2 Å². The zero-order chi connectivity index (χ0) is 19.3. The second kappa shape index (κ2) is 7.18. The first-order valence-electron chi connectivity index (χ1n) is 9.61. The first kappa shape index (κ1) is 18.2. The Morgan fingerprint density at radius 1 is 1.07 bits per heavy atom. The van der Waals surface area contributed by atoms with Gasteiger partial charge in [0.1, 0.15) is 11.6 Å². The monoisotopic (exact) mass is 415 g/mol. The molecule has 6 heteroatoms. The first-order valence-corrected chi connectivity index (χ1v) is 10.4. The highest BCUT2D eigenvalue weighted by atomic mass is 35.5. The molecule has 28 heavy (non-hydrogen) atoms. The van der Waals surface area contributed by atoms with Crippen LogP contribution in [0.25, 0.3) is 11.4 Å². The summed E-state index contributed by atoms with van der Waals surface area (Å²) in [6.45, 7) is 1.84. The lowest BCUT2D eigenvalue weighted by molar-refractivity contribution is 0.160. The summed E-state index contributed by atoms with van der Waals surface area (Å²) in [7, 11) is 0. The van der Waals surface area contributed by atoms with Crippen LogP contribution in [0.2, 0.25) is 10.0 Å². The summed E-state index contributed by atoms with van der Waals surface area (Å²) < 4.78 is 13.3. The SMILES string of the molecule is Fc1ccc(-c2nc3c([nH]2)CN(C2CCc4ccc(Cl)cc4C2)CC3)c(Cl)c1. The Kier molecular flexibility index (Phi) is 4.66. The van der Waals surface area contributed by atoms with E-state index in [2.05, 4.69) is 22.0 Å². The summed E-state index contributed by atoms with van der Waals surface area (Å²) in [6, 6.07) is 11.2. The van der Waals surface area contributed by atoms with Gasteiger partial charge in [-0.3, -0.25) is 4.90 Å². The number of aromatic nitrogens is 2. The minimum atomic E-state index is -0.339. The number of H-pyrrole nitrogens is 1. The third kappa shape index (κ3) is 3.34. The van der Waals surface area contributed by atoms with Gasteiger partial charge in [0.25, 0.3) is 0 Å². The highest BCUT2D eigenvalue weighted by molar-refractivity contribution is 6.33. The highest BCUT2D eigenvalue weighted by Crippen LogP contribution is 2.32. The Labute approximate surface area is 173 Å². The van der Waals surface area contributed by atoms with Crippen molar-refractivity contribution < 1.29 is 4.39 Å². The van der Waals surface area contributed by atoms with Gasteiger partial charge in [0.15, 0.2) is 0 Å². The van der Waals surface area contributed by atoms with Crippen LogP contribution < -0.4 is 0 Å². The summed E-state index contributed by atoms with van der Waals surface area (Å²) in [5.41, 5.74) is 5.76. The second-order valence-corrected chi connectivity index (χ2v) is 8.51. The number of hydrogen-bond donors (Lipinski definition) is 1. The van der Waals surface area contributed by atoms with Crippen molar-refractivity contribution in [2.75, 3.05) is 6.54 Å². The Bertz CT molecular complexity index is 1050. The number of benzene rings is 2. The van der Waals surface area contributed by atoms with E-state index in [-0.39, 0.29) is 5.82 Å². The molecule has 0 amide bonds. The van der Waals surface area contributed by atoms with Crippen LogP contribution in [0.4, 0.5) is 4.39 Å². The van der Waals surface area contributed by atoms with Gasteiger partial charge < -0.3 is 4.98 Å². The van der Waals surface area contributed by atoms with E-state index < -0.39 is 0 Å². The van der Waals surface area contributed by atoms with Gasteiger partial charge in [0.05, 0.1) is 16.4 Å². The van der Waals surface area contributed by atoms with Crippen LogP contribution in [0.1, 0.15) is 28.9 Å². The van der Waals surface area contributed by atoms with Crippen molar-refractivity contribution in [3.63, 3.8) is 0 Å². The number of nitrogens with one attached hydrogen (secondary N) is 1. The third-order valence-corrected chi connectivity index (χ3v) is 6.48. The average Bonchev–Trinajstić information content (AvgIpc) is 3.10. The Morgan fingerprint density at radius 3 is 2.82 bits per heavy atom. The molecule has 3 aromatic rings. The molecule has 1 N–H and O–H groups in total. The molecule has 144 valence electrons. The lowest BCUT2D eigenvalue weighted by Gasteiger charge is -2.37. The minimum absolute atomic E-state index is 0.339. The van der Waals surface area contributed by atoms with Gasteiger partial charge in [-0.1, -0.05) is 29.3 Å². The molecular formula is C22H20Cl2FN3. The van der Waals surface area contributed by atoms with E-state index in [0.717, 1.165) is 66.6 Å². The molecule has 0 radical (unpaired) electrons. The summed E-state index contributed by atoms with van der Waals surface area (Å²) in [5, 5.41) is 1.19. The van der Waals surface area contributed by atoms with Gasteiger partial charge in [-0.25, -0.2) is 9.37 Å². The molecule has 5 rings (SSSR count). The van der Waals surface area contributed by atoms with Crippen molar-refractivity contribution in [1.82, 2.24) is 14.9 Å². The fraction of sp³-hybridized carbons (Fsp3) is 0.318. The molecule has 1 atom stereocenters. The second-order valence-electron chi connectivity index (χ2n) is 7.66. The molecule has 1 unspecified atom stereocenters. The molecule has 1 aliphatic heterocycles. The molecule has 1 aliphatic carbocycles. The van der Waals surface area contributed by atoms with Crippen LogP contribution in [0.3, 0.4) is 0 Å². The molecular weight excluding hydrogens is 396 g/mol. The molecule has 2 heterocycles. The van der Waals surface area contributed by atoms with E-state index in [1.54, 1.807) is 6.07 Å². The zero-order valence-electron chi connectivity index (χ0n) is 15.3. The van der Waals surface area contributed by atoms with Crippen LogP contribution in [0.15, 0.2) is 36.4 Å². The number of rotatable bonds is 2. The molecule has 0 saturated heterocycles. The molecule has 1 aromatic heterocycles. The first-order chi connectivity index (χ1) is 13.6. The number of fused-ring (bicyclic) bond motifs is 2. The van der Waals surface area contributed by atoms with Crippen molar-refractivity contribution >= 4 is 23.2 Å². The smallest absolute Gasteiger partial charge is 0.139 e. The van der Waals surface area contributed by atoms with Gasteiger partial charge in [-0.05, 0) is 60.7 Å². The van der Waals surface area contributed by atoms with Gasteiger partial charge in [0, 0.05) is 36.1 Å². The molecule has 2 aromatic carbocycles. The molecule has 0 fully saturated rings. The van der Waals surface area contributed by atoms with E-state index in [9.17, 15) is 4.39 Å². The number of hydrogen-bond acceptors (Lipinski definition) is 2. The quantitative estimate of drug-likeness (QED) is 0.604. The lowest BCUT2D eigenvalue weighted by atomic mass is 9.87. The van der Waals surface area contributed by atoms with Crippen LogP contribution in [0.5, 0.6) is 0 Å². The zero-order valence-corrected chi connectivity index (χ0v) is 16.8. The van der Waals surface area contributed by atoms with Crippen LogP contribution in [-0.4, -0.2) is 27.5 Å². The van der Waals surface area contributed by atoms with Crippen molar-refractivity contribution in [2.24, 2.45) is 0 Å². The van der Waals surface area contributed by atoms with Crippen LogP contribution in [-0.2, 0) is 25.8 Å². The van der Waals surface area contributed by atoms with Crippen molar-refractivity contribution in [3.05, 3.63) is 74.8 Å². The fourth-order valence-electron chi connectivity index (χ4n) is 4.45. The summed E-state index contributed by atoms with van der Waals surface area (Å²) in [4.78, 5) is 10.7. The van der Waals surface area contributed by atoms with E-state index in [1.165, 1.54) is 23.3 Å². The molecule has 0 spiro atoms. The number of halogens is 3. The maximum absolute atomic E-state index is 13.3. The van der Waals surface area contributed by atoms with E-state index in [0.29, 0.717) is 11.1 Å². The molecule has 0 saturated carbocycles. The highest BCUT2D eigenvalue weighted by Gasteiger charge is 2.29. The third-order valence-electron chi connectivity index (χ3n) is 5.93. The minimum Gasteiger partial charge on any atom is -0.340 e.